The lowest BCUT2D eigenvalue weighted by atomic mass is 9.93. The average molecular weight is 247 g/mol. The van der Waals surface area contributed by atoms with Crippen molar-refractivity contribution >= 4 is 0 Å². The van der Waals surface area contributed by atoms with Gasteiger partial charge in [0.2, 0.25) is 0 Å². The van der Waals surface area contributed by atoms with Crippen LogP contribution in [0.5, 0.6) is 0 Å². The van der Waals surface area contributed by atoms with Crippen LogP contribution in [-0.2, 0) is 19.4 Å². The van der Waals surface area contributed by atoms with E-state index in [9.17, 15) is 0 Å². The summed E-state index contributed by atoms with van der Waals surface area (Å²) in [4.78, 5) is 0. The van der Waals surface area contributed by atoms with Crippen LogP contribution in [0.1, 0.15) is 69.1 Å². The SMILES string of the molecule is CCCCCc1cccc(CN)c1CCCCC. The Balaban J connectivity index is 2.72. The monoisotopic (exact) mass is 247 g/mol. The Morgan fingerprint density at radius 3 is 2.06 bits per heavy atom. The molecule has 1 nitrogen and oxygen atoms in total. The number of rotatable bonds is 9. The second-order valence-corrected chi connectivity index (χ2v) is 5.17. The number of unbranched alkanes of at least 4 members (excludes halogenated alkanes) is 4. The van der Waals surface area contributed by atoms with Gasteiger partial charge in [-0.2, -0.15) is 0 Å². The zero-order valence-corrected chi connectivity index (χ0v) is 12.2. The summed E-state index contributed by atoms with van der Waals surface area (Å²) in [6.07, 6.45) is 10.3. The van der Waals surface area contributed by atoms with Crippen molar-refractivity contribution < 1.29 is 0 Å². The first-order valence-corrected chi connectivity index (χ1v) is 7.63. The average Bonchev–Trinajstić information content (AvgIpc) is 2.40. The second-order valence-electron chi connectivity index (χ2n) is 5.17. The maximum atomic E-state index is 5.88. The predicted molar refractivity (Wildman–Crippen MR) is 80.8 cm³/mol. The van der Waals surface area contributed by atoms with Gasteiger partial charge in [-0.25, -0.2) is 0 Å². The van der Waals surface area contributed by atoms with E-state index in [2.05, 4.69) is 32.0 Å². The molecular weight excluding hydrogens is 218 g/mol. The summed E-state index contributed by atoms with van der Waals surface area (Å²) in [5.41, 5.74) is 10.3. The standard InChI is InChI=1S/C17H29N/c1-3-5-7-10-15-11-9-12-16(14-18)17(15)13-8-6-4-2/h9,11-12H,3-8,10,13-14,18H2,1-2H3. The fourth-order valence-electron chi connectivity index (χ4n) is 2.55. The molecule has 0 radical (unpaired) electrons. The Bertz CT molecular complexity index is 330. The van der Waals surface area contributed by atoms with Gasteiger partial charge in [0.1, 0.15) is 0 Å². The van der Waals surface area contributed by atoms with Crippen LogP contribution in [0.3, 0.4) is 0 Å². The van der Waals surface area contributed by atoms with Crippen molar-refractivity contribution in [1.82, 2.24) is 0 Å². The third kappa shape index (κ3) is 4.81. The summed E-state index contributed by atoms with van der Waals surface area (Å²) in [5, 5.41) is 0. The Kier molecular flexibility index (Phi) is 7.75. The molecule has 0 amide bonds. The lowest BCUT2D eigenvalue weighted by Gasteiger charge is -2.14. The molecule has 0 unspecified atom stereocenters. The Morgan fingerprint density at radius 1 is 0.833 bits per heavy atom. The molecule has 0 bridgehead atoms. The highest BCUT2D eigenvalue weighted by Crippen LogP contribution is 2.20. The summed E-state index contributed by atoms with van der Waals surface area (Å²) in [7, 11) is 0. The van der Waals surface area contributed by atoms with E-state index in [0.29, 0.717) is 6.54 Å². The van der Waals surface area contributed by atoms with Gasteiger partial charge >= 0.3 is 0 Å². The highest BCUT2D eigenvalue weighted by Gasteiger charge is 2.06. The molecule has 0 saturated carbocycles. The van der Waals surface area contributed by atoms with Gasteiger partial charge in [-0.05, 0) is 42.4 Å². The maximum absolute atomic E-state index is 5.88. The van der Waals surface area contributed by atoms with E-state index >= 15 is 0 Å². The number of aryl methyl sites for hydroxylation is 1. The Labute approximate surface area is 113 Å². The van der Waals surface area contributed by atoms with E-state index in [1.807, 2.05) is 0 Å². The topological polar surface area (TPSA) is 26.0 Å². The first-order chi connectivity index (χ1) is 8.83. The minimum atomic E-state index is 0.684. The second kappa shape index (κ2) is 9.16. The highest BCUT2D eigenvalue weighted by molar-refractivity contribution is 5.35. The van der Waals surface area contributed by atoms with Crippen molar-refractivity contribution in [1.29, 1.82) is 0 Å². The molecule has 0 aromatic heterocycles. The summed E-state index contributed by atoms with van der Waals surface area (Å²) < 4.78 is 0. The first-order valence-electron chi connectivity index (χ1n) is 7.63. The zero-order chi connectivity index (χ0) is 13.2. The normalized spacial score (nSPS) is 10.8. The summed E-state index contributed by atoms with van der Waals surface area (Å²) in [5.74, 6) is 0. The lowest BCUT2D eigenvalue weighted by molar-refractivity contribution is 0.689. The Hall–Kier alpha value is -0.820. The molecule has 0 aliphatic rings. The van der Waals surface area contributed by atoms with Crippen LogP contribution in [0.25, 0.3) is 0 Å². The molecule has 0 aliphatic heterocycles. The van der Waals surface area contributed by atoms with E-state index < -0.39 is 0 Å². The van der Waals surface area contributed by atoms with Crippen LogP contribution in [0.2, 0.25) is 0 Å². The molecule has 0 saturated heterocycles. The van der Waals surface area contributed by atoms with Gasteiger partial charge in [-0.15, -0.1) is 0 Å². The van der Waals surface area contributed by atoms with Crippen molar-refractivity contribution in [2.24, 2.45) is 5.73 Å². The van der Waals surface area contributed by atoms with Crippen molar-refractivity contribution in [3.05, 3.63) is 34.9 Å². The van der Waals surface area contributed by atoms with Crippen molar-refractivity contribution in [3.8, 4) is 0 Å². The van der Waals surface area contributed by atoms with Gasteiger partial charge in [0.15, 0.2) is 0 Å². The summed E-state index contributed by atoms with van der Waals surface area (Å²) in [6, 6.07) is 6.67. The van der Waals surface area contributed by atoms with Crippen LogP contribution in [0.15, 0.2) is 18.2 Å². The fraction of sp³-hybridized carbons (Fsp3) is 0.647. The van der Waals surface area contributed by atoms with Crippen LogP contribution < -0.4 is 5.73 Å². The molecule has 2 N–H and O–H groups in total. The van der Waals surface area contributed by atoms with Gasteiger partial charge in [-0.1, -0.05) is 57.7 Å². The molecule has 0 aliphatic carbocycles. The van der Waals surface area contributed by atoms with E-state index in [1.54, 1.807) is 11.1 Å². The minimum absolute atomic E-state index is 0.684. The van der Waals surface area contributed by atoms with E-state index in [4.69, 9.17) is 5.73 Å². The van der Waals surface area contributed by atoms with Crippen molar-refractivity contribution in [3.63, 3.8) is 0 Å². The molecular formula is C17H29N. The molecule has 102 valence electrons. The smallest absolute Gasteiger partial charge is 0.0180 e. The maximum Gasteiger partial charge on any atom is 0.0180 e. The van der Waals surface area contributed by atoms with Crippen LogP contribution in [-0.4, -0.2) is 0 Å². The molecule has 18 heavy (non-hydrogen) atoms. The quantitative estimate of drug-likeness (QED) is 0.634. The lowest BCUT2D eigenvalue weighted by Crippen LogP contribution is -2.05. The molecule has 1 heteroatoms. The highest BCUT2D eigenvalue weighted by atomic mass is 14.5. The van der Waals surface area contributed by atoms with E-state index in [1.165, 1.54) is 56.9 Å². The van der Waals surface area contributed by atoms with Crippen LogP contribution in [0, 0.1) is 0 Å². The largest absolute Gasteiger partial charge is 0.326 e. The number of hydrogen-bond donors (Lipinski definition) is 1. The third-order valence-electron chi connectivity index (χ3n) is 3.67. The molecule has 1 aromatic carbocycles. The van der Waals surface area contributed by atoms with Gasteiger partial charge < -0.3 is 5.73 Å². The first kappa shape index (κ1) is 15.2. The molecule has 0 fully saturated rings. The fourth-order valence-corrected chi connectivity index (χ4v) is 2.55. The number of nitrogens with two attached hydrogens (primary N) is 1. The third-order valence-corrected chi connectivity index (χ3v) is 3.67. The molecule has 0 spiro atoms. The summed E-state index contributed by atoms with van der Waals surface area (Å²) in [6.45, 7) is 5.21. The van der Waals surface area contributed by atoms with Crippen LogP contribution >= 0.6 is 0 Å². The molecule has 1 aromatic rings. The minimum Gasteiger partial charge on any atom is -0.326 e. The Morgan fingerprint density at radius 2 is 1.44 bits per heavy atom. The summed E-state index contributed by atoms with van der Waals surface area (Å²) >= 11 is 0. The van der Waals surface area contributed by atoms with E-state index in [-0.39, 0.29) is 0 Å². The van der Waals surface area contributed by atoms with Gasteiger partial charge in [0, 0.05) is 6.54 Å². The molecule has 0 heterocycles. The van der Waals surface area contributed by atoms with Gasteiger partial charge in [0.25, 0.3) is 0 Å². The number of benzene rings is 1. The predicted octanol–water partition coefficient (Wildman–Crippen LogP) is 4.61. The van der Waals surface area contributed by atoms with Crippen molar-refractivity contribution in [2.75, 3.05) is 0 Å². The van der Waals surface area contributed by atoms with E-state index in [0.717, 1.165) is 0 Å². The zero-order valence-electron chi connectivity index (χ0n) is 12.2. The van der Waals surface area contributed by atoms with Gasteiger partial charge in [0.05, 0.1) is 0 Å². The number of hydrogen-bond acceptors (Lipinski definition) is 1. The van der Waals surface area contributed by atoms with Crippen molar-refractivity contribution in [2.45, 2.75) is 71.8 Å². The molecule has 1 rings (SSSR count). The molecule has 0 atom stereocenters. The van der Waals surface area contributed by atoms with Gasteiger partial charge in [-0.3, -0.25) is 0 Å². The van der Waals surface area contributed by atoms with Crippen LogP contribution in [0.4, 0.5) is 0 Å².